The number of non-ortho nitro benzene ring substituents is 1. The third-order valence-electron chi connectivity index (χ3n) is 3.54. The number of hydrogen-bond donors (Lipinski definition) is 0. The van der Waals surface area contributed by atoms with Gasteiger partial charge in [0.15, 0.2) is 0 Å². The zero-order valence-corrected chi connectivity index (χ0v) is 12.3. The Balaban J connectivity index is 2.21. The van der Waals surface area contributed by atoms with Gasteiger partial charge in [-0.05, 0) is 18.4 Å². The highest BCUT2D eigenvalue weighted by atomic mass is 35.5. The second-order valence-electron chi connectivity index (χ2n) is 5.09. The summed E-state index contributed by atoms with van der Waals surface area (Å²) < 4.78 is 0. The van der Waals surface area contributed by atoms with Gasteiger partial charge < -0.3 is 0 Å². The molecule has 112 valence electrons. The van der Waals surface area contributed by atoms with Gasteiger partial charge in [-0.1, -0.05) is 24.9 Å². The van der Waals surface area contributed by atoms with Crippen LogP contribution in [0.5, 0.6) is 0 Å². The van der Waals surface area contributed by atoms with E-state index in [1.807, 2.05) is 6.92 Å². The van der Waals surface area contributed by atoms with Gasteiger partial charge in [-0.25, -0.2) is 0 Å². The first-order valence-corrected chi connectivity index (χ1v) is 7.10. The zero-order valence-electron chi connectivity index (χ0n) is 11.5. The maximum atomic E-state index is 12.4. The molecule has 1 aromatic carbocycles. The molecule has 1 atom stereocenters. The van der Waals surface area contributed by atoms with Crippen LogP contribution < -0.4 is 0 Å². The average Bonchev–Trinajstić information content (AvgIpc) is 2.79. The Morgan fingerprint density at radius 3 is 2.81 bits per heavy atom. The molecule has 1 aromatic rings. The summed E-state index contributed by atoms with van der Waals surface area (Å²) >= 11 is 5.93. The fraction of sp³-hybridized carbons (Fsp3) is 0.429. The van der Waals surface area contributed by atoms with E-state index in [-0.39, 0.29) is 28.1 Å². The molecule has 1 aliphatic heterocycles. The summed E-state index contributed by atoms with van der Waals surface area (Å²) in [4.78, 5) is 35.5. The molecule has 0 saturated carbocycles. The Morgan fingerprint density at radius 1 is 1.52 bits per heavy atom. The van der Waals surface area contributed by atoms with Crippen LogP contribution in [0.25, 0.3) is 0 Å². The van der Waals surface area contributed by atoms with Crippen LogP contribution in [0.15, 0.2) is 18.2 Å². The first kappa shape index (κ1) is 15.4. The number of hydrogen-bond acceptors (Lipinski definition) is 4. The van der Waals surface area contributed by atoms with Crippen molar-refractivity contribution < 1.29 is 14.5 Å². The predicted molar refractivity (Wildman–Crippen MR) is 77.2 cm³/mol. The van der Waals surface area contributed by atoms with Gasteiger partial charge in [-0.15, -0.1) is 0 Å². The van der Waals surface area contributed by atoms with E-state index in [4.69, 9.17) is 11.6 Å². The minimum absolute atomic E-state index is 0.0130. The molecule has 7 heteroatoms. The number of imide groups is 1. The summed E-state index contributed by atoms with van der Waals surface area (Å²) in [5.41, 5.74) is -0.0686. The quantitative estimate of drug-likeness (QED) is 0.486. The Morgan fingerprint density at radius 2 is 2.24 bits per heavy atom. The number of nitrogens with zero attached hydrogens (tertiary/aromatic N) is 2. The maximum absolute atomic E-state index is 12.4. The predicted octanol–water partition coefficient (Wildman–Crippen LogP) is 3.04. The summed E-state index contributed by atoms with van der Waals surface area (Å²) in [5, 5.41) is 10.6. The highest BCUT2D eigenvalue weighted by Gasteiger charge is 2.34. The van der Waals surface area contributed by atoms with Gasteiger partial charge in [-0.2, -0.15) is 0 Å². The van der Waals surface area contributed by atoms with E-state index >= 15 is 0 Å². The molecule has 21 heavy (non-hydrogen) atoms. The Bertz CT molecular complexity index is 603. The van der Waals surface area contributed by atoms with Crippen LogP contribution in [-0.2, 0) is 4.79 Å². The van der Waals surface area contributed by atoms with Crippen molar-refractivity contribution in [2.75, 3.05) is 6.54 Å². The lowest BCUT2D eigenvalue weighted by Gasteiger charge is -2.15. The molecule has 0 aromatic heterocycles. The van der Waals surface area contributed by atoms with Crippen molar-refractivity contribution in [1.82, 2.24) is 4.90 Å². The molecule has 2 rings (SSSR count). The van der Waals surface area contributed by atoms with Crippen LogP contribution in [0.1, 0.15) is 36.5 Å². The van der Waals surface area contributed by atoms with Crippen molar-refractivity contribution in [3.63, 3.8) is 0 Å². The minimum atomic E-state index is -0.585. The van der Waals surface area contributed by atoms with E-state index in [2.05, 4.69) is 0 Å². The number of rotatable bonds is 4. The summed E-state index contributed by atoms with van der Waals surface area (Å²) in [6.07, 6.45) is 2.21. The first-order chi connectivity index (χ1) is 9.93. The fourth-order valence-corrected chi connectivity index (χ4v) is 2.77. The van der Waals surface area contributed by atoms with Crippen molar-refractivity contribution in [3.05, 3.63) is 38.9 Å². The summed E-state index contributed by atoms with van der Waals surface area (Å²) in [6, 6.07) is 3.63. The molecule has 1 heterocycles. The van der Waals surface area contributed by atoms with Crippen molar-refractivity contribution in [2.24, 2.45) is 5.92 Å². The first-order valence-electron chi connectivity index (χ1n) is 6.72. The van der Waals surface area contributed by atoms with Crippen molar-refractivity contribution in [3.8, 4) is 0 Å². The molecule has 6 nitrogen and oxygen atoms in total. The lowest BCUT2D eigenvalue weighted by molar-refractivity contribution is -0.384. The van der Waals surface area contributed by atoms with E-state index in [0.717, 1.165) is 18.9 Å². The molecule has 1 saturated heterocycles. The fourth-order valence-electron chi connectivity index (χ4n) is 2.52. The summed E-state index contributed by atoms with van der Waals surface area (Å²) in [5.74, 6) is -0.519. The third kappa shape index (κ3) is 3.21. The number of carbonyl (C=O) groups excluding carboxylic acids is 2. The minimum Gasteiger partial charge on any atom is -0.278 e. The number of halogens is 1. The van der Waals surface area contributed by atoms with E-state index < -0.39 is 10.8 Å². The summed E-state index contributed by atoms with van der Waals surface area (Å²) in [7, 11) is 0. The normalized spacial score (nSPS) is 18.1. The lowest BCUT2D eigenvalue weighted by Crippen LogP contribution is -2.32. The summed E-state index contributed by atoms with van der Waals surface area (Å²) in [6.45, 7) is 2.42. The number of benzene rings is 1. The molecule has 0 N–H and O–H groups in total. The second kappa shape index (κ2) is 6.22. The molecule has 0 bridgehead atoms. The standard InChI is InChI=1S/C14H15ClN2O4/c1-2-3-9-6-13(18)16(8-9)14(19)11-5-4-10(17(20)21)7-12(11)15/h4-5,7,9H,2-3,6,8H2,1H3. The number of amides is 2. The molecule has 0 aliphatic carbocycles. The molecule has 1 unspecified atom stereocenters. The average molecular weight is 311 g/mol. The molecule has 1 aliphatic rings. The largest absolute Gasteiger partial charge is 0.278 e. The van der Waals surface area contributed by atoms with Gasteiger partial charge in [0.1, 0.15) is 0 Å². The Hall–Kier alpha value is -1.95. The Labute approximate surface area is 126 Å². The zero-order chi connectivity index (χ0) is 15.6. The highest BCUT2D eigenvalue weighted by molar-refractivity contribution is 6.34. The third-order valence-corrected chi connectivity index (χ3v) is 3.85. The molecule has 0 radical (unpaired) electrons. The molecule has 1 fully saturated rings. The van der Waals surface area contributed by atoms with Crippen LogP contribution in [0.4, 0.5) is 5.69 Å². The van der Waals surface area contributed by atoms with Gasteiger partial charge in [0.2, 0.25) is 5.91 Å². The number of nitro groups is 1. The van der Waals surface area contributed by atoms with Crippen LogP contribution in [0, 0.1) is 16.0 Å². The van der Waals surface area contributed by atoms with Crippen molar-refractivity contribution in [2.45, 2.75) is 26.2 Å². The van der Waals surface area contributed by atoms with Crippen LogP contribution in [0.3, 0.4) is 0 Å². The van der Waals surface area contributed by atoms with Crippen LogP contribution in [0.2, 0.25) is 5.02 Å². The van der Waals surface area contributed by atoms with Crippen LogP contribution in [-0.4, -0.2) is 28.2 Å². The van der Waals surface area contributed by atoms with E-state index in [1.54, 1.807) is 0 Å². The van der Waals surface area contributed by atoms with Gasteiger partial charge in [-0.3, -0.25) is 24.6 Å². The molecular weight excluding hydrogens is 296 g/mol. The monoisotopic (exact) mass is 310 g/mol. The van der Waals surface area contributed by atoms with Gasteiger partial charge in [0, 0.05) is 25.1 Å². The topological polar surface area (TPSA) is 80.5 Å². The second-order valence-corrected chi connectivity index (χ2v) is 5.50. The van der Waals surface area contributed by atoms with E-state index in [1.165, 1.54) is 17.0 Å². The van der Waals surface area contributed by atoms with Crippen molar-refractivity contribution >= 4 is 29.1 Å². The maximum Gasteiger partial charge on any atom is 0.270 e. The number of carbonyl (C=O) groups is 2. The molecule has 2 amide bonds. The Kier molecular flexibility index (Phi) is 4.57. The van der Waals surface area contributed by atoms with Gasteiger partial charge >= 0.3 is 0 Å². The van der Waals surface area contributed by atoms with E-state index in [9.17, 15) is 19.7 Å². The highest BCUT2D eigenvalue weighted by Crippen LogP contribution is 2.28. The van der Waals surface area contributed by atoms with E-state index in [0.29, 0.717) is 13.0 Å². The SMILES string of the molecule is CCCC1CC(=O)N(C(=O)c2ccc([N+](=O)[O-])cc2Cl)C1. The molecular formula is C14H15ClN2O4. The number of likely N-dealkylation sites (tertiary alicyclic amines) is 1. The van der Waals surface area contributed by atoms with Crippen molar-refractivity contribution in [1.29, 1.82) is 0 Å². The molecule has 0 spiro atoms. The van der Waals surface area contributed by atoms with Gasteiger partial charge in [0.25, 0.3) is 11.6 Å². The number of nitro benzene ring substituents is 1. The lowest BCUT2D eigenvalue weighted by atomic mass is 10.0. The van der Waals surface area contributed by atoms with Crippen LogP contribution >= 0.6 is 11.6 Å². The van der Waals surface area contributed by atoms with Gasteiger partial charge in [0.05, 0.1) is 15.5 Å². The smallest absolute Gasteiger partial charge is 0.270 e.